The van der Waals surface area contributed by atoms with Gasteiger partial charge in [-0.3, -0.25) is 24.6 Å². The van der Waals surface area contributed by atoms with Crippen LogP contribution < -0.4 is 10.1 Å². The van der Waals surface area contributed by atoms with Gasteiger partial charge in [-0.25, -0.2) is 0 Å². The van der Waals surface area contributed by atoms with E-state index in [1.165, 1.54) is 10.5 Å². The van der Waals surface area contributed by atoms with Crippen molar-refractivity contribution in [3.63, 3.8) is 0 Å². The van der Waals surface area contributed by atoms with Gasteiger partial charge in [-0.1, -0.05) is 51.1 Å². The Morgan fingerprint density at radius 1 is 1.00 bits per heavy atom. The molecule has 35 heavy (non-hydrogen) atoms. The van der Waals surface area contributed by atoms with Crippen molar-refractivity contribution in [1.82, 2.24) is 15.1 Å². The van der Waals surface area contributed by atoms with E-state index < -0.39 is 5.91 Å². The topological polar surface area (TPSA) is 88.2 Å². The van der Waals surface area contributed by atoms with E-state index in [4.69, 9.17) is 9.47 Å². The molecule has 0 aromatic heterocycles. The Kier molecular flexibility index (Phi) is 9.81. The quantitative estimate of drug-likeness (QED) is 0.623. The first-order valence-corrected chi connectivity index (χ1v) is 12.3. The summed E-state index contributed by atoms with van der Waals surface area (Å²) in [5.41, 5.74) is 3.59. The summed E-state index contributed by atoms with van der Waals surface area (Å²) in [6.07, 6.45) is 0.214. The zero-order valence-corrected chi connectivity index (χ0v) is 20.8. The highest BCUT2D eigenvalue weighted by Gasteiger charge is 2.31. The van der Waals surface area contributed by atoms with Crippen LogP contribution in [0.25, 0.3) is 0 Å². The molecule has 0 spiro atoms. The molecule has 188 valence electrons. The number of rotatable bonds is 8. The van der Waals surface area contributed by atoms with Crippen LogP contribution in [0.3, 0.4) is 0 Å². The summed E-state index contributed by atoms with van der Waals surface area (Å²) < 4.78 is 11.4. The normalized spacial score (nSPS) is 15.2. The summed E-state index contributed by atoms with van der Waals surface area (Å²) in [5.74, 6) is -0.445. The molecule has 0 saturated carbocycles. The fraction of sp³-hybridized carbons (Fsp3) is 0.444. The molecule has 4 rings (SSSR count). The number of ether oxygens (including phenoxy) is 2. The highest BCUT2D eigenvalue weighted by atomic mass is 16.5. The maximum atomic E-state index is 12.7. The third-order valence-electron chi connectivity index (χ3n) is 5.86. The van der Waals surface area contributed by atoms with E-state index in [1.54, 1.807) is 19.1 Å². The van der Waals surface area contributed by atoms with E-state index in [-0.39, 0.29) is 31.3 Å². The Hall–Kier alpha value is -3.23. The summed E-state index contributed by atoms with van der Waals surface area (Å²) in [4.78, 5) is 40.0. The van der Waals surface area contributed by atoms with Gasteiger partial charge in [0.1, 0.15) is 18.9 Å². The molecule has 1 N–H and O–H groups in total. The highest BCUT2D eigenvalue weighted by Crippen LogP contribution is 2.31. The van der Waals surface area contributed by atoms with Gasteiger partial charge in [-0.05, 0) is 23.3 Å². The molecule has 8 nitrogen and oxygen atoms in total. The van der Waals surface area contributed by atoms with Gasteiger partial charge in [0.2, 0.25) is 11.8 Å². The number of nitrogens with zero attached hydrogens (tertiary/aromatic N) is 2. The molecule has 1 saturated heterocycles. The van der Waals surface area contributed by atoms with E-state index in [0.717, 1.165) is 44.0 Å². The number of carbonyl (C=O) groups is 3. The van der Waals surface area contributed by atoms with Crippen LogP contribution in [-0.4, -0.2) is 60.4 Å². The van der Waals surface area contributed by atoms with Crippen molar-refractivity contribution in [3.8, 4) is 5.75 Å². The Bertz CT molecular complexity index is 1020. The average molecular weight is 482 g/mol. The maximum absolute atomic E-state index is 12.7. The molecule has 0 atom stereocenters. The van der Waals surface area contributed by atoms with Gasteiger partial charge in [-0.15, -0.1) is 0 Å². The van der Waals surface area contributed by atoms with Gasteiger partial charge in [-0.2, -0.15) is 0 Å². The predicted octanol–water partition coefficient (Wildman–Crippen LogP) is 3.13. The molecule has 2 aliphatic rings. The molecule has 0 unspecified atom stereocenters. The van der Waals surface area contributed by atoms with Crippen LogP contribution >= 0.6 is 0 Å². The standard InChI is InChI=1S/C25H29N3O5.C2H6/c1-2-23(29)26-24(30)16-28-15-21-20(25(28)31)4-3-5-22(21)33-17-19-8-6-18(7-9-19)14-27-10-12-32-13-11-27;1-2/h3-9H,2,10-17H2,1H3,(H,26,29,30);1-2H3. The fourth-order valence-electron chi connectivity index (χ4n) is 4.00. The van der Waals surface area contributed by atoms with Gasteiger partial charge in [0.05, 0.1) is 19.8 Å². The van der Waals surface area contributed by atoms with E-state index in [2.05, 4.69) is 34.5 Å². The first-order chi connectivity index (χ1) is 17.0. The molecule has 2 aromatic rings. The molecular formula is C27H35N3O5. The highest BCUT2D eigenvalue weighted by molar-refractivity contribution is 6.02. The zero-order chi connectivity index (χ0) is 25.2. The minimum Gasteiger partial charge on any atom is -0.489 e. The van der Waals surface area contributed by atoms with Crippen LogP contribution in [0.4, 0.5) is 0 Å². The van der Waals surface area contributed by atoms with Crippen molar-refractivity contribution in [2.24, 2.45) is 0 Å². The first-order valence-electron chi connectivity index (χ1n) is 12.3. The Balaban J connectivity index is 0.00000167. The van der Waals surface area contributed by atoms with E-state index in [1.807, 2.05) is 19.9 Å². The second kappa shape index (κ2) is 13.0. The number of hydrogen-bond donors (Lipinski definition) is 1. The van der Waals surface area contributed by atoms with Gasteiger partial charge in [0, 0.05) is 37.2 Å². The maximum Gasteiger partial charge on any atom is 0.255 e. The smallest absolute Gasteiger partial charge is 0.255 e. The number of hydrogen-bond acceptors (Lipinski definition) is 6. The number of benzene rings is 2. The summed E-state index contributed by atoms with van der Waals surface area (Å²) in [5, 5.41) is 2.28. The molecule has 2 heterocycles. The Morgan fingerprint density at radius 2 is 1.69 bits per heavy atom. The molecule has 1 fully saturated rings. The average Bonchev–Trinajstić information content (AvgIpc) is 3.20. The third-order valence-corrected chi connectivity index (χ3v) is 5.86. The van der Waals surface area contributed by atoms with Gasteiger partial charge in [0.15, 0.2) is 0 Å². The number of amides is 3. The lowest BCUT2D eigenvalue weighted by atomic mass is 10.1. The van der Waals surface area contributed by atoms with Gasteiger partial charge < -0.3 is 14.4 Å². The molecule has 2 aromatic carbocycles. The van der Waals surface area contributed by atoms with Crippen LogP contribution in [0.15, 0.2) is 42.5 Å². The Morgan fingerprint density at radius 3 is 2.37 bits per heavy atom. The molecule has 2 aliphatic heterocycles. The van der Waals surface area contributed by atoms with Crippen LogP contribution in [0, 0.1) is 0 Å². The third kappa shape index (κ3) is 7.13. The second-order valence-corrected chi connectivity index (χ2v) is 8.26. The first kappa shape index (κ1) is 26.4. The van der Waals surface area contributed by atoms with Crippen molar-refractivity contribution < 1.29 is 23.9 Å². The molecule has 0 bridgehead atoms. The monoisotopic (exact) mass is 481 g/mol. The molecule has 0 aliphatic carbocycles. The largest absolute Gasteiger partial charge is 0.489 e. The lowest BCUT2D eigenvalue weighted by Crippen LogP contribution is -2.39. The predicted molar refractivity (Wildman–Crippen MR) is 133 cm³/mol. The van der Waals surface area contributed by atoms with Crippen LogP contribution in [0.2, 0.25) is 0 Å². The van der Waals surface area contributed by atoms with E-state index >= 15 is 0 Å². The lowest BCUT2D eigenvalue weighted by Gasteiger charge is -2.26. The summed E-state index contributed by atoms with van der Waals surface area (Å²) >= 11 is 0. The van der Waals surface area contributed by atoms with Crippen LogP contribution in [0.1, 0.15) is 54.2 Å². The fourth-order valence-corrected chi connectivity index (χ4v) is 4.00. The Labute approximate surface area is 207 Å². The van der Waals surface area contributed by atoms with Crippen molar-refractivity contribution in [1.29, 1.82) is 0 Å². The molecule has 8 heteroatoms. The number of carbonyl (C=O) groups excluding carboxylic acids is 3. The zero-order valence-electron chi connectivity index (χ0n) is 20.8. The van der Waals surface area contributed by atoms with Crippen LogP contribution in [-0.2, 0) is 34.0 Å². The van der Waals surface area contributed by atoms with Crippen molar-refractivity contribution in [2.45, 2.75) is 46.9 Å². The second-order valence-electron chi connectivity index (χ2n) is 8.26. The summed E-state index contributed by atoms with van der Waals surface area (Å²) in [6.45, 7) is 10.6. The van der Waals surface area contributed by atoms with Crippen molar-refractivity contribution >= 4 is 17.7 Å². The van der Waals surface area contributed by atoms with Crippen LogP contribution in [0.5, 0.6) is 5.75 Å². The number of imide groups is 1. The number of fused-ring (bicyclic) bond motifs is 1. The van der Waals surface area contributed by atoms with E-state index in [0.29, 0.717) is 17.9 Å². The van der Waals surface area contributed by atoms with Crippen molar-refractivity contribution in [3.05, 3.63) is 64.7 Å². The molecular weight excluding hydrogens is 446 g/mol. The van der Waals surface area contributed by atoms with Gasteiger partial charge in [0.25, 0.3) is 5.91 Å². The minimum atomic E-state index is -0.484. The SMILES string of the molecule is CC.CCC(=O)NC(=O)CN1Cc2c(OCc3ccc(CN4CCOCC4)cc3)cccc2C1=O. The lowest BCUT2D eigenvalue weighted by molar-refractivity contribution is -0.130. The number of nitrogens with one attached hydrogen (secondary N) is 1. The molecule has 0 radical (unpaired) electrons. The minimum absolute atomic E-state index is 0.163. The van der Waals surface area contributed by atoms with E-state index in [9.17, 15) is 14.4 Å². The summed E-state index contributed by atoms with van der Waals surface area (Å²) in [7, 11) is 0. The van der Waals surface area contributed by atoms with Crippen molar-refractivity contribution in [2.75, 3.05) is 32.8 Å². The van der Waals surface area contributed by atoms with Gasteiger partial charge >= 0.3 is 0 Å². The number of morpholine rings is 1. The summed E-state index contributed by atoms with van der Waals surface area (Å²) in [6, 6.07) is 13.7. The molecule has 3 amide bonds.